The van der Waals surface area contributed by atoms with Crippen molar-refractivity contribution in [3.63, 3.8) is 0 Å². The number of nitrogens with zero attached hydrogens (tertiary/aromatic N) is 2. The zero-order valence-corrected chi connectivity index (χ0v) is 21.2. The molecule has 0 aromatic heterocycles. The largest absolute Gasteiger partial charge is 0.373 e. The van der Waals surface area contributed by atoms with Gasteiger partial charge >= 0.3 is 0 Å². The fraction of sp³-hybridized carbons (Fsp3) is 0.704. The zero-order chi connectivity index (χ0) is 24.4. The van der Waals surface area contributed by atoms with Gasteiger partial charge in [-0.2, -0.15) is 0 Å². The maximum Gasteiger partial charge on any atom is 0.243 e. The lowest BCUT2D eigenvalue weighted by Gasteiger charge is -2.33. The lowest BCUT2D eigenvalue weighted by atomic mass is 9.92. The molecule has 34 heavy (non-hydrogen) atoms. The van der Waals surface area contributed by atoms with E-state index in [-0.39, 0.29) is 29.6 Å². The minimum Gasteiger partial charge on any atom is -0.373 e. The van der Waals surface area contributed by atoms with Crippen molar-refractivity contribution in [2.75, 3.05) is 25.5 Å². The number of nitrogens with one attached hydrogen (secondary N) is 2. The third-order valence-corrected chi connectivity index (χ3v) is 8.14. The van der Waals surface area contributed by atoms with Crippen molar-refractivity contribution in [1.82, 2.24) is 15.1 Å². The first kappa shape index (κ1) is 25.0. The van der Waals surface area contributed by atoms with Gasteiger partial charge in [0.15, 0.2) is 0 Å². The highest BCUT2D eigenvalue weighted by molar-refractivity contribution is 5.88. The maximum atomic E-state index is 14.2. The van der Waals surface area contributed by atoms with Gasteiger partial charge in [-0.1, -0.05) is 32.8 Å². The number of likely N-dealkylation sites (N-methyl/N-ethyl adjacent to an activating group) is 1. The molecular formula is C27H41FN4O2. The molecule has 1 saturated heterocycles. The van der Waals surface area contributed by atoms with Crippen LogP contribution >= 0.6 is 0 Å². The van der Waals surface area contributed by atoms with Gasteiger partial charge in [-0.05, 0) is 50.7 Å². The Morgan fingerprint density at radius 1 is 1.15 bits per heavy atom. The van der Waals surface area contributed by atoms with Crippen molar-refractivity contribution >= 4 is 17.5 Å². The van der Waals surface area contributed by atoms with Crippen molar-refractivity contribution in [1.29, 1.82) is 0 Å². The first-order valence-corrected chi connectivity index (χ1v) is 13.1. The van der Waals surface area contributed by atoms with Crippen molar-refractivity contribution in [2.45, 2.75) is 96.3 Å². The number of carbonyl (C=O) groups is 2. The Hall–Kier alpha value is -2.15. The number of rotatable bonds is 5. The number of hydrogen-bond acceptors (Lipinski definition) is 4. The third-order valence-electron chi connectivity index (χ3n) is 8.14. The molecule has 188 valence electrons. The Labute approximate surface area is 203 Å². The molecule has 1 aromatic carbocycles. The fourth-order valence-electron chi connectivity index (χ4n) is 5.99. The molecule has 2 fully saturated rings. The van der Waals surface area contributed by atoms with E-state index >= 15 is 0 Å². The number of aryl methyl sites for hydroxylation is 1. The molecule has 2 aliphatic heterocycles. The van der Waals surface area contributed by atoms with Gasteiger partial charge in [0.25, 0.3) is 0 Å². The highest BCUT2D eigenvalue weighted by Crippen LogP contribution is 2.32. The minimum absolute atomic E-state index is 0.0211. The smallest absolute Gasteiger partial charge is 0.243 e. The number of halogens is 1. The molecule has 7 heteroatoms. The summed E-state index contributed by atoms with van der Waals surface area (Å²) >= 11 is 0. The summed E-state index contributed by atoms with van der Waals surface area (Å²) in [5, 5.41) is 6.53. The predicted molar refractivity (Wildman–Crippen MR) is 133 cm³/mol. The molecule has 1 aliphatic carbocycles. The molecular weight excluding hydrogens is 431 g/mol. The molecule has 2 amide bonds. The van der Waals surface area contributed by atoms with Gasteiger partial charge in [-0.25, -0.2) is 4.39 Å². The summed E-state index contributed by atoms with van der Waals surface area (Å²) in [4.78, 5) is 30.0. The number of benzene rings is 1. The van der Waals surface area contributed by atoms with Crippen LogP contribution in [0.25, 0.3) is 0 Å². The summed E-state index contributed by atoms with van der Waals surface area (Å²) in [5.41, 5.74) is 2.38. The molecule has 4 rings (SSSR count). The summed E-state index contributed by atoms with van der Waals surface area (Å²) in [5.74, 6) is 0.00597. The molecule has 0 radical (unpaired) electrons. The molecule has 4 atom stereocenters. The molecule has 3 aliphatic rings. The Morgan fingerprint density at radius 3 is 2.65 bits per heavy atom. The second-order valence-electron chi connectivity index (χ2n) is 10.9. The quantitative estimate of drug-likeness (QED) is 0.683. The van der Waals surface area contributed by atoms with Crippen LogP contribution in [0.2, 0.25) is 0 Å². The lowest BCUT2D eigenvalue weighted by molar-refractivity contribution is -0.135. The Morgan fingerprint density at radius 2 is 1.91 bits per heavy atom. The first-order valence-electron chi connectivity index (χ1n) is 13.1. The van der Waals surface area contributed by atoms with Gasteiger partial charge in [0.1, 0.15) is 11.9 Å². The van der Waals surface area contributed by atoms with Crippen LogP contribution in [0, 0.1) is 18.7 Å². The average molecular weight is 473 g/mol. The van der Waals surface area contributed by atoms with Crippen molar-refractivity contribution in [2.24, 2.45) is 5.92 Å². The van der Waals surface area contributed by atoms with E-state index in [1.165, 1.54) is 12.5 Å². The molecule has 2 heterocycles. The summed E-state index contributed by atoms with van der Waals surface area (Å²) < 4.78 is 14.2. The van der Waals surface area contributed by atoms with Crippen LogP contribution in [0.4, 0.5) is 10.1 Å². The number of hydrogen-bond donors (Lipinski definition) is 2. The van der Waals surface area contributed by atoms with Crippen molar-refractivity contribution in [3.8, 4) is 0 Å². The second-order valence-corrected chi connectivity index (χ2v) is 10.9. The van der Waals surface area contributed by atoms with Crippen LogP contribution in [-0.2, 0) is 16.0 Å². The molecule has 0 spiro atoms. The standard InChI is InChI=1S/C27H41FN4O2/c1-17(2)27(34)31(4)21-13-14-32(16-21)20-8-6-5-7-19(10-11-20)29-26(33)24-15-22-23(28)12-9-18(3)25(22)30-24/h9,12,17,19-21,24,30H,5-8,10-11,13-16H2,1-4H3,(H,29,33). The Balaban J connectivity index is 1.29. The third kappa shape index (κ3) is 5.40. The van der Waals surface area contributed by atoms with Crippen LogP contribution in [0.5, 0.6) is 0 Å². The van der Waals surface area contributed by atoms with Crippen LogP contribution in [0.15, 0.2) is 12.1 Å². The van der Waals surface area contributed by atoms with E-state index in [0.717, 1.165) is 62.9 Å². The molecule has 2 N–H and O–H groups in total. The normalized spacial score (nSPS) is 27.6. The van der Waals surface area contributed by atoms with Gasteiger partial charge in [0.05, 0.1) is 0 Å². The number of fused-ring (bicyclic) bond motifs is 1. The fourth-order valence-corrected chi connectivity index (χ4v) is 5.99. The van der Waals surface area contributed by atoms with E-state index in [1.807, 2.05) is 32.7 Å². The number of amides is 2. The number of carbonyl (C=O) groups excluding carboxylic acids is 2. The minimum atomic E-state index is -0.403. The zero-order valence-electron chi connectivity index (χ0n) is 21.2. The second kappa shape index (κ2) is 10.6. The maximum absolute atomic E-state index is 14.2. The van der Waals surface area contributed by atoms with E-state index in [4.69, 9.17) is 0 Å². The lowest BCUT2D eigenvalue weighted by Crippen LogP contribution is -2.46. The van der Waals surface area contributed by atoms with Crippen molar-refractivity contribution < 1.29 is 14.0 Å². The summed E-state index contributed by atoms with van der Waals surface area (Å²) in [6, 6.07) is 3.82. The van der Waals surface area contributed by atoms with Crippen LogP contribution in [0.3, 0.4) is 0 Å². The molecule has 1 aromatic rings. The monoisotopic (exact) mass is 472 g/mol. The Bertz CT molecular complexity index is 874. The number of anilines is 1. The summed E-state index contributed by atoms with van der Waals surface area (Å²) in [6.45, 7) is 7.86. The van der Waals surface area contributed by atoms with E-state index in [1.54, 1.807) is 6.07 Å². The van der Waals surface area contributed by atoms with Gasteiger partial charge in [0, 0.05) is 61.9 Å². The summed E-state index contributed by atoms with van der Waals surface area (Å²) in [6.07, 6.45) is 7.92. The van der Waals surface area contributed by atoms with Gasteiger partial charge < -0.3 is 15.5 Å². The molecule has 0 bridgehead atoms. The van der Waals surface area contributed by atoms with E-state index in [2.05, 4.69) is 15.5 Å². The van der Waals surface area contributed by atoms with Crippen LogP contribution in [-0.4, -0.2) is 65.9 Å². The molecule has 1 saturated carbocycles. The topological polar surface area (TPSA) is 64.7 Å². The van der Waals surface area contributed by atoms with Crippen LogP contribution in [0.1, 0.15) is 69.9 Å². The first-order chi connectivity index (χ1) is 16.2. The predicted octanol–water partition coefficient (Wildman–Crippen LogP) is 3.87. The summed E-state index contributed by atoms with van der Waals surface area (Å²) in [7, 11) is 1.95. The van der Waals surface area contributed by atoms with E-state index < -0.39 is 6.04 Å². The highest BCUT2D eigenvalue weighted by atomic mass is 19.1. The van der Waals surface area contributed by atoms with Gasteiger partial charge in [0.2, 0.25) is 11.8 Å². The molecule has 6 nitrogen and oxygen atoms in total. The van der Waals surface area contributed by atoms with Gasteiger partial charge in [-0.15, -0.1) is 0 Å². The average Bonchev–Trinajstić information content (AvgIpc) is 3.46. The van der Waals surface area contributed by atoms with Crippen molar-refractivity contribution in [3.05, 3.63) is 29.1 Å². The van der Waals surface area contributed by atoms with Gasteiger partial charge in [-0.3, -0.25) is 14.5 Å². The highest BCUT2D eigenvalue weighted by Gasteiger charge is 2.34. The Kier molecular flexibility index (Phi) is 7.80. The molecule has 4 unspecified atom stereocenters. The SMILES string of the molecule is Cc1ccc(F)c2c1NC(C(=O)NC1CCCCC(N3CCC(N(C)C(=O)C(C)C)C3)CC1)C2. The van der Waals surface area contributed by atoms with E-state index in [0.29, 0.717) is 24.1 Å². The van der Waals surface area contributed by atoms with E-state index in [9.17, 15) is 14.0 Å². The van der Waals surface area contributed by atoms with Crippen LogP contribution < -0.4 is 10.6 Å². The number of likely N-dealkylation sites (tertiary alicyclic amines) is 1.